The van der Waals surface area contributed by atoms with Crippen LogP contribution in [-0.4, -0.2) is 33.0 Å². The first-order valence-electron chi connectivity index (χ1n) is 5.87. The molecule has 1 N–H and O–H groups in total. The monoisotopic (exact) mass is 261 g/mol. The number of aryl methyl sites for hydroxylation is 2. The van der Waals surface area contributed by atoms with E-state index < -0.39 is 5.97 Å². The van der Waals surface area contributed by atoms with Crippen molar-refractivity contribution >= 4 is 5.97 Å². The van der Waals surface area contributed by atoms with Gasteiger partial charge in [0, 0.05) is 13.5 Å². The molecule has 0 unspecified atom stereocenters. The number of para-hydroxylation sites is 1. The van der Waals surface area contributed by atoms with Crippen LogP contribution in [0, 0.1) is 0 Å². The Balaban J connectivity index is 2.31. The molecule has 19 heavy (non-hydrogen) atoms. The molecule has 2 rings (SSSR count). The van der Waals surface area contributed by atoms with Gasteiger partial charge < -0.3 is 9.84 Å². The third-order valence-electron chi connectivity index (χ3n) is 2.76. The lowest BCUT2D eigenvalue weighted by Gasteiger charge is -2.03. The summed E-state index contributed by atoms with van der Waals surface area (Å²) in [6.07, 6.45) is 0.395. The van der Waals surface area contributed by atoms with E-state index in [0.29, 0.717) is 23.8 Å². The van der Waals surface area contributed by atoms with Crippen molar-refractivity contribution in [1.82, 2.24) is 14.8 Å². The normalized spacial score (nSPS) is 10.4. The molecule has 0 fully saturated rings. The molecule has 6 heteroatoms. The van der Waals surface area contributed by atoms with E-state index in [-0.39, 0.29) is 6.42 Å². The maximum atomic E-state index is 10.6. The molecule has 0 bridgehead atoms. The number of carboxylic acids is 1. The summed E-state index contributed by atoms with van der Waals surface area (Å²) >= 11 is 0. The lowest BCUT2D eigenvalue weighted by atomic mass is 10.2. The minimum absolute atomic E-state index is 0.0396. The van der Waals surface area contributed by atoms with Crippen molar-refractivity contribution in [3.05, 3.63) is 30.1 Å². The molecule has 1 aromatic carbocycles. The van der Waals surface area contributed by atoms with Crippen LogP contribution in [0.1, 0.15) is 12.2 Å². The predicted molar refractivity (Wildman–Crippen MR) is 68.9 cm³/mol. The summed E-state index contributed by atoms with van der Waals surface area (Å²) in [5.74, 6) is 1.03. The Morgan fingerprint density at radius 2 is 2.16 bits per heavy atom. The van der Waals surface area contributed by atoms with Crippen LogP contribution >= 0.6 is 0 Å². The molecule has 0 radical (unpaired) electrons. The Morgan fingerprint density at radius 1 is 1.42 bits per heavy atom. The van der Waals surface area contributed by atoms with Gasteiger partial charge in [-0.2, -0.15) is 5.10 Å². The third kappa shape index (κ3) is 2.90. The van der Waals surface area contributed by atoms with E-state index in [0.717, 1.165) is 5.56 Å². The number of benzene rings is 1. The minimum atomic E-state index is -0.846. The van der Waals surface area contributed by atoms with Crippen molar-refractivity contribution in [1.29, 1.82) is 0 Å². The highest BCUT2D eigenvalue weighted by Crippen LogP contribution is 2.26. The molecule has 2 aromatic rings. The second-order valence-electron chi connectivity index (χ2n) is 4.07. The summed E-state index contributed by atoms with van der Waals surface area (Å²) in [6, 6.07) is 7.46. The van der Waals surface area contributed by atoms with Gasteiger partial charge in [-0.25, -0.2) is 4.98 Å². The molecule has 0 aliphatic heterocycles. The number of carboxylic acid groups (broad SMARTS) is 1. The number of hydrogen-bond acceptors (Lipinski definition) is 4. The van der Waals surface area contributed by atoms with Gasteiger partial charge >= 0.3 is 5.97 Å². The number of hydrogen-bond donors (Lipinski definition) is 1. The molecule has 0 atom stereocenters. The van der Waals surface area contributed by atoms with E-state index in [2.05, 4.69) is 10.1 Å². The van der Waals surface area contributed by atoms with E-state index in [1.807, 2.05) is 24.3 Å². The highest BCUT2D eigenvalue weighted by atomic mass is 16.5. The first-order chi connectivity index (χ1) is 9.11. The maximum Gasteiger partial charge on any atom is 0.303 e. The van der Waals surface area contributed by atoms with E-state index in [1.54, 1.807) is 18.8 Å². The average Bonchev–Trinajstić information content (AvgIpc) is 2.77. The number of aliphatic carboxylic acids is 1. The molecule has 1 aromatic heterocycles. The van der Waals surface area contributed by atoms with Crippen molar-refractivity contribution in [3.63, 3.8) is 0 Å². The third-order valence-corrected chi connectivity index (χ3v) is 2.76. The van der Waals surface area contributed by atoms with Crippen LogP contribution in [0.25, 0.3) is 11.4 Å². The summed E-state index contributed by atoms with van der Waals surface area (Å²) in [4.78, 5) is 15.0. The molecular formula is C13H15N3O3. The molecule has 6 nitrogen and oxygen atoms in total. The van der Waals surface area contributed by atoms with Gasteiger partial charge in [-0.3, -0.25) is 9.48 Å². The van der Waals surface area contributed by atoms with Gasteiger partial charge in [-0.05, 0) is 12.1 Å². The van der Waals surface area contributed by atoms with E-state index >= 15 is 0 Å². The van der Waals surface area contributed by atoms with Crippen LogP contribution in [-0.2, 0) is 18.3 Å². The number of aromatic nitrogens is 3. The van der Waals surface area contributed by atoms with Gasteiger partial charge in [0.2, 0.25) is 0 Å². The highest BCUT2D eigenvalue weighted by molar-refractivity contribution is 5.67. The number of methoxy groups -OCH3 is 1. The van der Waals surface area contributed by atoms with Gasteiger partial charge in [0.15, 0.2) is 5.82 Å². The number of ether oxygens (including phenoxy) is 1. The van der Waals surface area contributed by atoms with Crippen LogP contribution in [0.15, 0.2) is 24.3 Å². The van der Waals surface area contributed by atoms with Crippen molar-refractivity contribution in [2.24, 2.45) is 7.05 Å². The van der Waals surface area contributed by atoms with Crippen molar-refractivity contribution in [2.75, 3.05) is 7.11 Å². The molecule has 100 valence electrons. The summed E-state index contributed by atoms with van der Waals surface area (Å²) in [5.41, 5.74) is 0.794. The van der Waals surface area contributed by atoms with E-state index in [1.165, 1.54) is 0 Å². The zero-order chi connectivity index (χ0) is 13.8. The van der Waals surface area contributed by atoms with Gasteiger partial charge in [0.05, 0.1) is 19.1 Å². The molecule has 0 aliphatic carbocycles. The maximum absolute atomic E-state index is 10.6. The summed E-state index contributed by atoms with van der Waals surface area (Å²) < 4.78 is 6.87. The standard InChI is InChI=1S/C13H15N3O3/c1-16-11(7-8-12(17)18)14-13(15-16)9-5-3-4-6-10(9)19-2/h3-6H,7-8H2,1-2H3,(H,17,18). The Hall–Kier alpha value is -2.37. The SMILES string of the molecule is COc1ccccc1-c1nc(CCC(=O)O)n(C)n1. The molecular weight excluding hydrogens is 246 g/mol. The Kier molecular flexibility index (Phi) is 3.79. The highest BCUT2D eigenvalue weighted by Gasteiger charge is 2.13. The lowest BCUT2D eigenvalue weighted by Crippen LogP contribution is -2.03. The second kappa shape index (κ2) is 5.51. The molecule has 0 amide bonds. The first-order valence-corrected chi connectivity index (χ1v) is 5.87. The topological polar surface area (TPSA) is 77.2 Å². The lowest BCUT2D eigenvalue weighted by molar-refractivity contribution is -0.137. The van der Waals surface area contributed by atoms with Crippen molar-refractivity contribution in [3.8, 4) is 17.1 Å². The van der Waals surface area contributed by atoms with E-state index in [4.69, 9.17) is 9.84 Å². The molecule has 0 saturated carbocycles. The van der Waals surface area contributed by atoms with Gasteiger partial charge in [0.1, 0.15) is 11.6 Å². The van der Waals surface area contributed by atoms with Gasteiger partial charge in [-0.15, -0.1) is 0 Å². The summed E-state index contributed by atoms with van der Waals surface area (Å²) in [6.45, 7) is 0. The zero-order valence-corrected chi connectivity index (χ0v) is 10.8. The number of nitrogens with zero attached hydrogens (tertiary/aromatic N) is 3. The fourth-order valence-electron chi connectivity index (χ4n) is 1.80. The first kappa shape index (κ1) is 13.1. The fourth-order valence-corrected chi connectivity index (χ4v) is 1.80. The quantitative estimate of drug-likeness (QED) is 0.882. The van der Waals surface area contributed by atoms with Crippen LogP contribution in [0.3, 0.4) is 0 Å². The van der Waals surface area contributed by atoms with Crippen molar-refractivity contribution < 1.29 is 14.6 Å². The Morgan fingerprint density at radius 3 is 2.84 bits per heavy atom. The van der Waals surface area contributed by atoms with Crippen LogP contribution in [0.2, 0.25) is 0 Å². The van der Waals surface area contributed by atoms with Crippen molar-refractivity contribution in [2.45, 2.75) is 12.8 Å². The van der Waals surface area contributed by atoms with Crippen LogP contribution in [0.4, 0.5) is 0 Å². The fraction of sp³-hybridized carbons (Fsp3) is 0.308. The van der Waals surface area contributed by atoms with E-state index in [9.17, 15) is 4.79 Å². The predicted octanol–water partition coefficient (Wildman–Crippen LogP) is 1.51. The average molecular weight is 261 g/mol. The largest absolute Gasteiger partial charge is 0.496 e. The zero-order valence-electron chi connectivity index (χ0n) is 10.8. The summed E-state index contributed by atoms with van der Waals surface area (Å²) in [7, 11) is 3.34. The van der Waals surface area contributed by atoms with Crippen LogP contribution < -0.4 is 4.74 Å². The Bertz CT molecular complexity index is 593. The van der Waals surface area contributed by atoms with Gasteiger partial charge in [0.25, 0.3) is 0 Å². The smallest absolute Gasteiger partial charge is 0.303 e. The molecule has 0 aliphatic rings. The minimum Gasteiger partial charge on any atom is -0.496 e. The van der Waals surface area contributed by atoms with Gasteiger partial charge in [-0.1, -0.05) is 12.1 Å². The van der Waals surface area contributed by atoms with Crippen LogP contribution in [0.5, 0.6) is 5.75 Å². The second-order valence-corrected chi connectivity index (χ2v) is 4.07. The summed E-state index contributed by atoms with van der Waals surface area (Å²) in [5, 5.41) is 13.0. The number of rotatable bonds is 5. The molecule has 0 saturated heterocycles. The number of carbonyl (C=O) groups is 1. The molecule has 1 heterocycles. The molecule has 0 spiro atoms. The Labute approximate surface area is 110 Å².